The second kappa shape index (κ2) is 15.0. The van der Waals surface area contributed by atoms with Gasteiger partial charge in [-0.3, -0.25) is 14.6 Å². The number of sulfonamides is 1. The lowest BCUT2D eigenvalue weighted by molar-refractivity contribution is -0.167. The summed E-state index contributed by atoms with van der Waals surface area (Å²) in [7, 11) is -5.15. The molecule has 6 rings (SSSR count). The van der Waals surface area contributed by atoms with Crippen LogP contribution in [0.4, 0.5) is 30.2 Å². The van der Waals surface area contributed by atoms with Gasteiger partial charge in [-0.2, -0.15) is 31.9 Å². The Kier molecular flexibility index (Phi) is 10.7. The van der Waals surface area contributed by atoms with Crippen LogP contribution in [0.15, 0.2) is 83.1 Å². The van der Waals surface area contributed by atoms with Crippen LogP contribution in [0.5, 0.6) is 0 Å². The first-order chi connectivity index (χ1) is 23.7. The molecule has 0 saturated heterocycles. The maximum absolute atomic E-state index is 12.9. The number of carbonyl (C=O) groups is 1. The summed E-state index contributed by atoms with van der Waals surface area (Å²) in [4.78, 5) is 23.0. The second-order valence-corrected chi connectivity index (χ2v) is 13.0. The molecule has 50 heavy (non-hydrogen) atoms. The smallest absolute Gasteiger partial charge is 0.423 e. The van der Waals surface area contributed by atoms with Crippen molar-refractivity contribution in [3.05, 3.63) is 95.6 Å². The second-order valence-electron chi connectivity index (χ2n) is 10.5. The van der Waals surface area contributed by atoms with E-state index in [0.29, 0.717) is 22.1 Å². The molecule has 3 aromatic heterocycles. The molecule has 0 spiro atoms. The quantitative estimate of drug-likeness (QED) is 0.115. The van der Waals surface area contributed by atoms with Gasteiger partial charge < -0.3 is 20.7 Å². The van der Waals surface area contributed by atoms with Crippen molar-refractivity contribution < 1.29 is 36.1 Å². The summed E-state index contributed by atoms with van der Waals surface area (Å²) < 4.78 is 70.0. The number of aromatic amines is 1. The number of thioether (sulfide) groups is 1. The lowest BCUT2D eigenvalue weighted by atomic mass is 9.79. The topological polar surface area (TPSA) is 222 Å². The molecule has 2 aromatic carbocycles. The third-order valence-electron chi connectivity index (χ3n) is 6.73. The number of nitrogens with two attached hydrogens (primary N) is 1. The average molecular weight is 724 g/mol. The SMILES string of the molecule is Cc1nc(-c2cc(N)cnc2S(=O)(=O)Nc2ccc3c(c2)B(O)OC3)n[nH]1.N#Cc1cc(NC(=O)C(F)(F)F)cnc1SCc1ccccc1. The van der Waals surface area contributed by atoms with Gasteiger partial charge in [0.25, 0.3) is 10.0 Å². The van der Waals surface area contributed by atoms with E-state index in [9.17, 15) is 31.4 Å². The summed E-state index contributed by atoms with van der Waals surface area (Å²) in [6, 6.07) is 18.8. The summed E-state index contributed by atoms with van der Waals surface area (Å²) in [5.41, 5.74) is 8.76. The van der Waals surface area contributed by atoms with E-state index >= 15 is 0 Å². The van der Waals surface area contributed by atoms with Gasteiger partial charge in [-0.1, -0.05) is 36.4 Å². The van der Waals surface area contributed by atoms with Gasteiger partial charge in [0.2, 0.25) is 0 Å². The molecule has 0 bridgehead atoms. The van der Waals surface area contributed by atoms with E-state index < -0.39 is 29.2 Å². The number of nitrogens with zero attached hydrogens (tertiary/aromatic N) is 5. The van der Waals surface area contributed by atoms with Crippen LogP contribution in [0.1, 0.15) is 22.5 Å². The number of anilines is 3. The molecule has 5 aromatic rings. The summed E-state index contributed by atoms with van der Waals surface area (Å²) in [6.45, 7) is 1.97. The Morgan fingerprint density at radius 3 is 2.58 bits per heavy atom. The molecule has 0 unspecified atom stereocenters. The Morgan fingerprint density at radius 1 is 1.14 bits per heavy atom. The molecular formula is C30H25BF3N9O5S2. The molecule has 20 heteroatoms. The summed E-state index contributed by atoms with van der Waals surface area (Å²) in [5.74, 6) is -0.841. The Morgan fingerprint density at radius 2 is 1.90 bits per heavy atom. The number of aryl methyl sites for hydroxylation is 1. The Balaban J connectivity index is 0.000000197. The zero-order chi connectivity index (χ0) is 36.1. The van der Waals surface area contributed by atoms with Crippen molar-refractivity contribution in [3.8, 4) is 17.5 Å². The molecule has 0 saturated carbocycles. The summed E-state index contributed by atoms with van der Waals surface area (Å²) >= 11 is 1.29. The van der Waals surface area contributed by atoms with Gasteiger partial charge in [0.1, 0.15) is 16.9 Å². The van der Waals surface area contributed by atoms with Crippen LogP contribution in [0, 0.1) is 18.3 Å². The molecular weight excluding hydrogens is 698 g/mol. The minimum absolute atomic E-state index is 0.103. The zero-order valence-corrected chi connectivity index (χ0v) is 27.4. The number of pyridine rings is 2. The Bertz CT molecular complexity index is 2180. The summed E-state index contributed by atoms with van der Waals surface area (Å²) in [5, 5.41) is 27.4. The monoisotopic (exact) mass is 723 g/mol. The van der Waals surface area contributed by atoms with Gasteiger partial charge in [-0.25, -0.2) is 15.0 Å². The minimum atomic E-state index is -4.99. The number of fused-ring (bicyclic) bond motifs is 1. The van der Waals surface area contributed by atoms with Gasteiger partial charge in [0.05, 0.1) is 41.5 Å². The van der Waals surface area contributed by atoms with Crippen LogP contribution in [-0.2, 0) is 31.8 Å². The van der Waals surface area contributed by atoms with Crippen molar-refractivity contribution in [3.63, 3.8) is 0 Å². The number of amides is 1. The average Bonchev–Trinajstić information content (AvgIpc) is 3.68. The molecule has 256 valence electrons. The fourth-order valence-electron chi connectivity index (χ4n) is 4.43. The van der Waals surface area contributed by atoms with Crippen molar-refractivity contribution in [2.45, 2.75) is 35.5 Å². The van der Waals surface area contributed by atoms with Gasteiger partial charge in [-0.05, 0) is 47.8 Å². The van der Waals surface area contributed by atoms with Crippen LogP contribution >= 0.6 is 11.8 Å². The molecule has 0 atom stereocenters. The first-order valence-corrected chi connectivity index (χ1v) is 16.8. The van der Waals surface area contributed by atoms with Crippen molar-refractivity contribution in [2.75, 3.05) is 15.8 Å². The van der Waals surface area contributed by atoms with E-state index in [1.807, 2.05) is 36.4 Å². The number of rotatable bonds is 8. The fourth-order valence-corrected chi connectivity index (χ4v) is 6.48. The maximum Gasteiger partial charge on any atom is 0.491 e. The van der Waals surface area contributed by atoms with Crippen LogP contribution < -0.4 is 21.2 Å². The number of benzene rings is 2. The molecule has 6 N–H and O–H groups in total. The van der Waals surface area contributed by atoms with Gasteiger partial charge >= 0.3 is 19.2 Å². The number of halogens is 3. The van der Waals surface area contributed by atoms with Crippen LogP contribution in [-0.4, -0.2) is 57.8 Å². The van der Waals surface area contributed by atoms with Crippen LogP contribution in [0.2, 0.25) is 0 Å². The van der Waals surface area contributed by atoms with Crippen LogP contribution in [0.3, 0.4) is 0 Å². The number of hydrogen-bond donors (Lipinski definition) is 5. The lowest BCUT2D eigenvalue weighted by Crippen LogP contribution is -2.30. The van der Waals surface area contributed by atoms with Gasteiger partial charge in [-0.15, -0.1) is 11.8 Å². The van der Waals surface area contributed by atoms with Crippen molar-refractivity contribution in [1.82, 2.24) is 25.1 Å². The van der Waals surface area contributed by atoms with Crippen LogP contribution in [0.25, 0.3) is 11.4 Å². The highest BCUT2D eigenvalue weighted by molar-refractivity contribution is 7.98. The highest BCUT2D eigenvalue weighted by Gasteiger charge is 2.38. The Hall–Kier alpha value is -5.49. The van der Waals surface area contributed by atoms with Crippen molar-refractivity contribution in [2.24, 2.45) is 0 Å². The zero-order valence-electron chi connectivity index (χ0n) is 25.8. The molecule has 1 aliphatic rings. The predicted octanol–water partition coefficient (Wildman–Crippen LogP) is 3.52. The van der Waals surface area contributed by atoms with Gasteiger partial charge in [0.15, 0.2) is 10.9 Å². The fraction of sp³-hybridized carbons (Fsp3) is 0.133. The number of nitrogen functional groups attached to an aromatic ring is 1. The van der Waals surface area contributed by atoms with E-state index in [1.54, 1.807) is 24.4 Å². The van der Waals surface area contributed by atoms with E-state index in [2.05, 4.69) is 29.9 Å². The third-order valence-corrected chi connectivity index (χ3v) is 9.15. The number of nitriles is 1. The number of nitrogens with one attached hydrogen (secondary N) is 3. The number of carbonyl (C=O) groups excluding carboxylic acids is 1. The minimum Gasteiger partial charge on any atom is -0.423 e. The maximum atomic E-state index is 12.9. The van der Waals surface area contributed by atoms with E-state index in [-0.39, 0.29) is 45.6 Å². The predicted molar refractivity (Wildman–Crippen MR) is 178 cm³/mol. The van der Waals surface area contributed by atoms with E-state index in [0.717, 1.165) is 17.3 Å². The molecule has 1 amide bonds. The Labute approximate surface area is 287 Å². The summed E-state index contributed by atoms with van der Waals surface area (Å²) in [6.07, 6.45) is -2.65. The number of H-pyrrole nitrogens is 1. The molecule has 14 nitrogen and oxygen atoms in total. The first kappa shape index (κ1) is 35.8. The third kappa shape index (κ3) is 8.75. The normalized spacial score (nSPS) is 12.4. The molecule has 1 aliphatic heterocycles. The first-order valence-electron chi connectivity index (χ1n) is 14.3. The lowest BCUT2D eigenvalue weighted by Gasteiger charge is -2.11. The highest BCUT2D eigenvalue weighted by Crippen LogP contribution is 2.28. The molecule has 0 fully saturated rings. The number of alkyl halides is 3. The van der Waals surface area contributed by atoms with Gasteiger partial charge in [0, 0.05) is 11.4 Å². The van der Waals surface area contributed by atoms with Crippen molar-refractivity contribution >= 4 is 57.3 Å². The van der Waals surface area contributed by atoms with Crippen molar-refractivity contribution in [1.29, 1.82) is 5.26 Å². The highest BCUT2D eigenvalue weighted by atomic mass is 32.2. The molecule has 0 aliphatic carbocycles. The van der Waals surface area contributed by atoms with E-state index in [4.69, 9.17) is 15.6 Å². The molecule has 4 heterocycles. The largest absolute Gasteiger partial charge is 0.491 e. The number of aromatic nitrogens is 5. The molecule has 0 radical (unpaired) electrons. The standard InChI is InChI=1S/C15H15BN6O4S.C15H10F3N3OS/c1-8-19-14(21-20-8)12-4-10(17)6-18-15(12)27(24,25)22-11-3-2-9-7-26-16(23)13(9)5-11;16-15(17,18)14(22)21-12-6-11(7-19)13(20-8-12)23-9-10-4-2-1-3-5-10/h2-6,22-23H,7,17H2,1H3,(H,19,20,21);1-6,8H,9H2,(H,21,22). The van der Waals surface area contributed by atoms with E-state index in [1.165, 1.54) is 36.2 Å². The number of hydrogen-bond acceptors (Lipinski definition) is 12.